The maximum Gasteiger partial charge on any atom is -0.00713 e. The van der Waals surface area contributed by atoms with Crippen molar-refractivity contribution in [3.63, 3.8) is 0 Å². The molecule has 0 aliphatic rings. The zero-order valence-corrected chi connectivity index (χ0v) is 7.53. The van der Waals surface area contributed by atoms with E-state index in [0.29, 0.717) is 5.92 Å². The number of rotatable bonds is 4. The smallest absolute Gasteiger partial charge is 0.00713 e. The minimum absolute atomic E-state index is 0.524. The maximum atomic E-state index is 5.52. The van der Waals surface area contributed by atoms with Gasteiger partial charge in [-0.1, -0.05) is 37.3 Å². The molecule has 1 aromatic rings. The summed E-state index contributed by atoms with van der Waals surface area (Å²) in [6.07, 6.45) is 3.25. The van der Waals surface area contributed by atoms with E-state index in [0.717, 1.165) is 13.0 Å². The van der Waals surface area contributed by atoms with Gasteiger partial charge in [0.2, 0.25) is 0 Å². The Kier molecular flexibility index (Phi) is 3.81. The van der Waals surface area contributed by atoms with E-state index >= 15 is 0 Å². The molecule has 0 spiro atoms. The van der Waals surface area contributed by atoms with Crippen LogP contribution in [0.5, 0.6) is 0 Å². The van der Waals surface area contributed by atoms with Gasteiger partial charge in [0.15, 0.2) is 0 Å². The summed E-state index contributed by atoms with van der Waals surface area (Å²) in [6, 6.07) is 10.5. The van der Waals surface area contributed by atoms with Crippen molar-refractivity contribution in [2.75, 3.05) is 6.54 Å². The first-order valence-corrected chi connectivity index (χ1v) is 4.43. The van der Waals surface area contributed by atoms with Crippen molar-refractivity contribution in [3.05, 3.63) is 42.3 Å². The molecule has 0 heterocycles. The third kappa shape index (κ3) is 2.35. The second-order valence-electron chi connectivity index (χ2n) is 2.93. The van der Waals surface area contributed by atoms with Crippen molar-refractivity contribution < 1.29 is 0 Å². The lowest BCUT2D eigenvalue weighted by Crippen LogP contribution is -2.06. The van der Waals surface area contributed by atoms with E-state index in [1.165, 1.54) is 5.56 Å². The SMILES string of the molecule is C[CH]C(CCN)c1ccccc1. The number of benzene rings is 1. The summed E-state index contributed by atoms with van der Waals surface area (Å²) >= 11 is 0. The normalized spacial score (nSPS) is 12.8. The highest BCUT2D eigenvalue weighted by Crippen LogP contribution is 2.20. The molecule has 1 heteroatoms. The molecular formula is C11H16N. The van der Waals surface area contributed by atoms with Crippen LogP contribution in [-0.4, -0.2) is 6.54 Å². The van der Waals surface area contributed by atoms with Gasteiger partial charge in [0.05, 0.1) is 0 Å². The quantitative estimate of drug-likeness (QED) is 0.722. The Morgan fingerprint density at radius 2 is 2.00 bits per heavy atom. The molecule has 1 atom stereocenters. The molecular weight excluding hydrogens is 146 g/mol. The van der Waals surface area contributed by atoms with E-state index in [9.17, 15) is 0 Å². The Morgan fingerprint density at radius 3 is 2.50 bits per heavy atom. The van der Waals surface area contributed by atoms with Crippen LogP contribution in [0.15, 0.2) is 30.3 Å². The summed E-state index contributed by atoms with van der Waals surface area (Å²) in [6.45, 7) is 2.84. The predicted octanol–water partition coefficient (Wildman–Crippen LogP) is 2.34. The van der Waals surface area contributed by atoms with Gasteiger partial charge >= 0.3 is 0 Å². The Hall–Kier alpha value is -0.820. The van der Waals surface area contributed by atoms with Crippen LogP contribution in [0.2, 0.25) is 0 Å². The summed E-state index contributed by atoms with van der Waals surface area (Å²) in [5.74, 6) is 0.524. The molecule has 1 aromatic carbocycles. The van der Waals surface area contributed by atoms with Gasteiger partial charge in [-0.2, -0.15) is 0 Å². The first kappa shape index (κ1) is 9.27. The van der Waals surface area contributed by atoms with Crippen LogP contribution >= 0.6 is 0 Å². The average molecular weight is 162 g/mol. The maximum absolute atomic E-state index is 5.52. The summed E-state index contributed by atoms with van der Waals surface area (Å²) < 4.78 is 0. The monoisotopic (exact) mass is 162 g/mol. The van der Waals surface area contributed by atoms with Crippen LogP contribution in [0.1, 0.15) is 24.8 Å². The largest absolute Gasteiger partial charge is 0.330 e. The van der Waals surface area contributed by atoms with E-state index in [1.807, 2.05) is 6.07 Å². The molecule has 1 rings (SSSR count). The third-order valence-electron chi connectivity index (χ3n) is 2.11. The summed E-state index contributed by atoms with van der Waals surface area (Å²) in [4.78, 5) is 0. The van der Waals surface area contributed by atoms with Crippen LogP contribution in [0.25, 0.3) is 0 Å². The molecule has 1 unspecified atom stereocenters. The van der Waals surface area contributed by atoms with E-state index in [2.05, 4.69) is 37.6 Å². The minimum Gasteiger partial charge on any atom is -0.330 e. The minimum atomic E-state index is 0.524. The van der Waals surface area contributed by atoms with Crippen molar-refractivity contribution in [1.82, 2.24) is 0 Å². The first-order chi connectivity index (χ1) is 5.88. The Morgan fingerprint density at radius 1 is 1.33 bits per heavy atom. The highest BCUT2D eigenvalue weighted by atomic mass is 14.5. The Labute approximate surface area is 74.6 Å². The standard InChI is InChI=1S/C11H16N/c1-2-10(8-9-12)11-6-4-3-5-7-11/h2-7,10H,8-9,12H2,1H3. The average Bonchev–Trinajstić information content (AvgIpc) is 2.15. The molecule has 0 aliphatic carbocycles. The Bertz CT molecular complexity index is 206. The fraction of sp³-hybridized carbons (Fsp3) is 0.364. The molecule has 1 radical (unpaired) electrons. The Balaban J connectivity index is 2.66. The molecule has 65 valence electrons. The van der Waals surface area contributed by atoms with Crippen LogP contribution < -0.4 is 5.73 Å². The fourth-order valence-corrected chi connectivity index (χ4v) is 1.41. The molecule has 0 saturated carbocycles. The van der Waals surface area contributed by atoms with Crippen LogP contribution in [0.3, 0.4) is 0 Å². The van der Waals surface area contributed by atoms with Gasteiger partial charge in [0.25, 0.3) is 0 Å². The highest BCUT2D eigenvalue weighted by molar-refractivity contribution is 5.21. The van der Waals surface area contributed by atoms with E-state index < -0.39 is 0 Å². The van der Waals surface area contributed by atoms with Crippen LogP contribution in [0.4, 0.5) is 0 Å². The lowest BCUT2D eigenvalue weighted by molar-refractivity contribution is 0.707. The zero-order chi connectivity index (χ0) is 8.81. The second kappa shape index (κ2) is 4.94. The summed E-state index contributed by atoms with van der Waals surface area (Å²) in [5.41, 5.74) is 6.89. The number of nitrogens with two attached hydrogens (primary N) is 1. The van der Waals surface area contributed by atoms with Gasteiger partial charge in [-0.05, 0) is 30.9 Å². The predicted molar refractivity (Wildman–Crippen MR) is 52.8 cm³/mol. The van der Waals surface area contributed by atoms with Crippen molar-refractivity contribution in [2.24, 2.45) is 5.73 Å². The topological polar surface area (TPSA) is 26.0 Å². The summed E-state index contributed by atoms with van der Waals surface area (Å²) in [5, 5.41) is 0. The molecule has 0 amide bonds. The molecule has 0 fully saturated rings. The van der Waals surface area contributed by atoms with Crippen molar-refractivity contribution in [3.8, 4) is 0 Å². The second-order valence-corrected chi connectivity index (χ2v) is 2.93. The van der Waals surface area contributed by atoms with Crippen LogP contribution in [0, 0.1) is 6.42 Å². The molecule has 0 aliphatic heterocycles. The van der Waals surface area contributed by atoms with Gasteiger partial charge in [-0.15, -0.1) is 0 Å². The van der Waals surface area contributed by atoms with E-state index in [1.54, 1.807) is 0 Å². The van der Waals surface area contributed by atoms with Gasteiger partial charge < -0.3 is 5.73 Å². The van der Waals surface area contributed by atoms with E-state index in [4.69, 9.17) is 5.73 Å². The highest BCUT2D eigenvalue weighted by Gasteiger charge is 2.06. The molecule has 0 saturated heterocycles. The van der Waals surface area contributed by atoms with Crippen molar-refractivity contribution in [1.29, 1.82) is 0 Å². The van der Waals surface area contributed by atoms with Crippen LogP contribution in [-0.2, 0) is 0 Å². The van der Waals surface area contributed by atoms with Gasteiger partial charge in [0, 0.05) is 0 Å². The molecule has 0 bridgehead atoms. The van der Waals surface area contributed by atoms with Crippen molar-refractivity contribution in [2.45, 2.75) is 19.3 Å². The summed E-state index contributed by atoms with van der Waals surface area (Å²) in [7, 11) is 0. The lowest BCUT2D eigenvalue weighted by atomic mass is 9.93. The number of hydrogen-bond acceptors (Lipinski definition) is 1. The zero-order valence-electron chi connectivity index (χ0n) is 7.53. The lowest BCUT2D eigenvalue weighted by Gasteiger charge is -2.12. The molecule has 0 aromatic heterocycles. The third-order valence-corrected chi connectivity index (χ3v) is 2.11. The van der Waals surface area contributed by atoms with Crippen molar-refractivity contribution >= 4 is 0 Å². The fourth-order valence-electron chi connectivity index (χ4n) is 1.41. The van der Waals surface area contributed by atoms with Gasteiger partial charge in [-0.25, -0.2) is 0 Å². The molecule has 2 N–H and O–H groups in total. The number of hydrogen-bond donors (Lipinski definition) is 1. The molecule has 12 heavy (non-hydrogen) atoms. The first-order valence-electron chi connectivity index (χ1n) is 4.43. The van der Waals surface area contributed by atoms with E-state index in [-0.39, 0.29) is 0 Å². The molecule has 1 nitrogen and oxygen atoms in total. The van der Waals surface area contributed by atoms with Gasteiger partial charge in [-0.3, -0.25) is 0 Å². The van der Waals surface area contributed by atoms with Gasteiger partial charge in [0.1, 0.15) is 0 Å².